The average molecular weight is 246 g/mol. The molecule has 18 heavy (non-hydrogen) atoms. The van der Waals surface area contributed by atoms with E-state index in [2.05, 4.69) is 16.6 Å². The van der Waals surface area contributed by atoms with E-state index in [0.29, 0.717) is 5.69 Å². The molecule has 5 heteroatoms. The van der Waals surface area contributed by atoms with Crippen molar-refractivity contribution < 1.29 is 14.7 Å². The molecular formula is C13H14N2O3. The molecule has 3 N–H and O–H groups in total. The van der Waals surface area contributed by atoms with Crippen LogP contribution in [0.1, 0.15) is 24.2 Å². The van der Waals surface area contributed by atoms with Gasteiger partial charge in [-0.25, -0.2) is 9.59 Å². The van der Waals surface area contributed by atoms with Crippen LogP contribution in [0.2, 0.25) is 0 Å². The highest BCUT2D eigenvalue weighted by molar-refractivity contribution is 5.92. The highest BCUT2D eigenvalue weighted by Gasteiger charge is 2.16. The molecule has 0 atom stereocenters. The first-order chi connectivity index (χ1) is 8.34. The zero-order chi connectivity index (χ0) is 13.8. The van der Waals surface area contributed by atoms with E-state index in [1.54, 1.807) is 13.8 Å². The number of rotatable bonds is 3. The second-order valence-corrected chi connectivity index (χ2v) is 4.23. The van der Waals surface area contributed by atoms with Gasteiger partial charge >= 0.3 is 12.0 Å². The van der Waals surface area contributed by atoms with Crippen LogP contribution in [0.3, 0.4) is 0 Å². The minimum absolute atomic E-state index is 0.157. The first-order valence-electron chi connectivity index (χ1n) is 5.24. The Morgan fingerprint density at radius 1 is 1.28 bits per heavy atom. The Morgan fingerprint density at radius 2 is 1.83 bits per heavy atom. The fourth-order valence-corrected chi connectivity index (χ4v) is 1.18. The molecule has 5 nitrogen and oxygen atoms in total. The van der Waals surface area contributed by atoms with Gasteiger partial charge in [-0.15, -0.1) is 6.42 Å². The largest absolute Gasteiger partial charge is 0.478 e. The normalized spacial score (nSPS) is 10.3. The van der Waals surface area contributed by atoms with E-state index in [-0.39, 0.29) is 5.56 Å². The second-order valence-electron chi connectivity index (χ2n) is 4.23. The number of carbonyl (C=O) groups is 2. The maximum atomic E-state index is 11.6. The van der Waals surface area contributed by atoms with Crippen molar-refractivity contribution in [3.63, 3.8) is 0 Å². The van der Waals surface area contributed by atoms with E-state index in [1.165, 1.54) is 24.3 Å². The van der Waals surface area contributed by atoms with Crippen LogP contribution >= 0.6 is 0 Å². The summed E-state index contributed by atoms with van der Waals surface area (Å²) in [5.41, 5.74) is -0.0966. The maximum absolute atomic E-state index is 11.6. The van der Waals surface area contributed by atoms with Crippen LogP contribution in [0.4, 0.5) is 10.5 Å². The maximum Gasteiger partial charge on any atom is 0.335 e. The minimum atomic E-state index is -1.01. The van der Waals surface area contributed by atoms with Crippen LogP contribution in [0.25, 0.3) is 0 Å². The predicted octanol–water partition coefficient (Wildman–Crippen LogP) is 1.92. The fraction of sp³-hybridized carbons (Fsp3) is 0.231. The van der Waals surface area contributed by atoms with Gasteiger partial charge in [-0.1, -0.05) is 5.92 Å². The number of nitrogens with one attached hydrogen (secondary N) is 2. The van der Waals surface area contributed by atoms with Gasteiger partial charge in [0, 0.05) is 5.69 Å². The molecule has 0 heterocycles. The summed E-state index contributed by atoms with van der Waals surface area (Å²) >= 11 is 0. The quantitative estimate of drug-likeness (QED) is 0.713. The lowest BCUT2D eigenvalue weighted by Crippen LogP contribution is -2.44. The first kappa shape index (κ1) is 13.6. The Bertz CT molecular complexity index is 498. The molecule has 0 aliphatic carbocycles. The molecule has 1 aromatic rings. The number of aromatic carboxylic acids is 1. The van der Waals surface area contributed by atoms with Crippen molar-refractivity contribution in [2.24, 2.45) is 0 Å². The van der Waals surface area contributed by atoms with Gasteiger partial charge < -0.3 is 15.7 Å². The molecule has 1 rings (SSSR count). The zero-order valence-corrected chi connectivity index (χ0v) is 10.2. The van der Waals surface area contributed by atoms with Crippen LogP contribution in [0.15, 0.2) is 24.3 Å². The van der Waals surface area contributed by atoms with E-state index >= 15 is 0 Å². The van der Waals surface area contributed by atoms with E-state index in [4.69, 9.17) is 11.5 Å². The molecule has 0 saturated carbocycles. The number of carboxylic acids is 1. The van der Waals surface area contributed by atoms with Crippen LogP contribution < -0.4 is 10.6 Å². The van der Waals surface area contributed by atoms with Gasteiger partial charge in [0.1, 0.15) is 0 Å². The van der Waals surface area contributed by atoms with E-state index < -0.39 is 17.5 Å². The number of anilines is 1. The van der Waals surface area contributed by atoms with Gasteiger partial charge in [-0.05, 0) is 38.1 Å². The molecule has 0 unspecified atom stereocenters. The smallest absolute Gasteiger partial charge is 0.335 e. The summed E-state index contributed by atoms with van der Waals surface area (Å²) in [4.78, 5) is 22.2. The molecule has 0 spiro atoms. The van der Waals surface area contributed by atoms with Gasteiger partial charge in [0.2, 0.25) is 0 Å². The second kappa shape index (κ2) is 5.23. The topological polar surface area (TPSA) is 78.4 Å². The van der Waals surface area contributed by atoms with Gasteiger partial charge in [0.25, 0.3) is 0 Å². The fourth-order valence-electron chi connectivity index (χ4n) is 1.18. The Hall–Kier alpha value is -2.48. The van der Waals surface area contributed by atoms with Crippen molar-refractivity contribution in [1.29, 1.82) is 0 Å². The van der Waals surface area contributed by atoms with Crippen LogP contribution in [0.5, 0.6) is 0 Å². The molecule has 0 radical (unpaired) electrons. The van der Waals surface area contributed by atoms with Crippen molar-refractivity contribution in [2.75, 3.05) is 5.32 Å². The summed E-state index contributed by atoms with van der Waals surface area (Å²) in [6.45, 7) is 3.39. The van der Waals surface area contributed by atoms with E-state index in [1.807, 2.05) is 0 Å². The number of hydrogen-bond donors (Lipinski definition) is 3. The lowest BCUT2D eigenvalue weighted by atomic mass is 10.1. The molecule has 0 bridgehead atoms. The molecule has 2 amide bonds. The van der Waals surface area contributed by atoms with Gasteiger partial charge in [0.15, 0.2) is 0 Å². The lowest BCUT2D eigenvalue weighted by Gasteiger charge is -2.19. The van der Waals surface area contributed by atoms with Crippen LogP contribution in [0, 0.1) is 12.3 Å². The lowest BCUT2D eigenvalue weighted by molar-refractivity contribution is 0.0697. The van der Waals surface area contributed by atoms with E-state index in [0.717, 1.165) is 0 Å². The Kier molecular flexibility index (Phi) is 3.95. The summed E-state index contributed by atoms with van der Waals surface area (Å²) < 4.78 is 0. The number of urea groups is 1. The standard InChI is InChI=1S/C13H14N2O3/c1-4-13(2,3)15-12(18)14-10-7-5-9(6-8-10)11(16)17/h1,5-8H,2-3H3,(H,16,17)(H2,14,15,18). The highest BCUT2D eigenvalue weighted by Crippen LogP contribution is 2.10. The van der Waals surface area contributed by atoms with E-state index in [9.17, 15) is 9.59 Å². The average Bonchev–Trinajstić information content (AvgIpc) is 2.29. The van der Waals surface area contributed by atoms with Crippen LogP contribution in [-0.4, -0.2) is 22.6 Å². The number of hydrogen-bond acceptors (Lipinski definition) is 2. The molecule has 0 saturated heterocycles. The molecule has 1 aromatic carbocycles. The Morgan fingerprint density at radius 3 is 2.28 bits per heavy atom. The van der Waals surface area contributed by atoms with Crippen molar-refractivity contribution in [3.05, 3.63) is 29.8 Å². The number of benzene rings is 1. The van der Waals surface area contributed by atoms with Gasteiger partial charge in [0.05, 0.1) is 11.1 Å². The highest BCUT2D eigenvalue weighted by atomic mass is 16.4. The number of amides is 2. The summed E-state index contributed by atoms with van der Waals surface area (Å²) in [6, 6.07) is 5.38. The molecule has 94 valence electrons. The third-order valence-corrected chi connectivity index (χ3v) is 2.18. The molecule has 0 fully saturated rings. The first-order valence-corrected chi connectivity index (χ1v) is 5.24. The third kappa shape index (κ3) is 3.83. The number of terminal acetylenes is 1. The molecular weight excluding hydrogens is 232 g/mol. The van der Waals surface area contributed by atoms with Gasteiger partial charge in [-0.2, -0.15) is 0 Å². The third-order valence-electron chi connectivity index (χ3n) is 2.18. The van der Waals surface area contributed by atoms with Crippen molar-refractivity contribution in [1.82, 2.24) is 5.32 Å². The molecule has 0 aliphatic heterocycles. The SMILES string of the molecule is C#CC(C)(C)NC(=O)Nc1ccc(C(=O)O)cc1. The summed E-state index contributed by atoms with van der Waals surface area (Å²) in [5, 5.41) is 13.9. The zero-order valence-electron chi connectivity index (χ0n) is 10.2. The number of carbonyl (C=O) groups excluding carboxylic acids is 1. The van der Waals surface area contributed by atoms with Crippen molar-refractivity contribution in [2.45, 2.75) is 19.4 Å². The summed E-state index contributed by atoms with van der Waals surface area (Å²) in [7, 11) is 0. The van der Waals surface area contributed by atoms with Gasteiger partial charge in [-0.3, -0.25) is 0 Å². The van der Waals surface area contributed by atoms with Crippen LogP contribution in [-0.2, 0) is 0 Å². The Labute approximate surface area is 105 Å². The molecule has 0 aliphatic rings. The van der Waals surface area contributed by atoms with Crippen molar-refractivity contribution in [3.8, 4) is 12.3 Å². The minimum Gasteiger partial charge on any atom is -0.478 e. The van der Waals surface area contributed by atoms with Crippen molar-refractivity contribution >= 4 is 17.7 Å². The number of carboxylic acid groups (broad SMARTS) is 1. The summed E-state index contributed by atoms with van der Waals surface area (Å²) in [6.07, 6.45) is 5.24. The predicted molar refractivity (Wildman–Crippen MR) is 68.5 cm³/mol. The monoisotopic (exact) mass is 246 g/mol. The Balaban J connectivity index is 2.66. The summed E-state index contributed by atoms with van der Waals surface area (Å²) in [5.74, 6) is 1.42. The molecule has 0 aromatic heterocycles.